The van der Waals surface area contributed by atoms with E-state index in [1.54, 1.807) is 6.08 Å². The Bertz CT molecular complexity index is 453. The number of oxime groups is 1. The van der Waals surface area contributed by atoms with Gasteiger partial charge in [-0.1, -0.05) is 19.9 Å². The second-order valence-electron chi connectivity index (χ2n) is 6.42. The summed E-state index contributed by atoms with van der Waals surface area (Å²) in [4.78, 5) is 19.5. The minimum absolute atomic E-state index is 0.159. The van der Waals surface area contributed by atoms with Crippen molar-refractivity contribution in [3.8, 4) is 0 Å². The summed E-state index contributed by atoms with van der Waals surface area (Å²) < 4.78 is 16.6. The summed E-state index contributed by atoms with van der Waals surface area (Å²) in [6.45, 7) is 10.8. The molecule has 0 radical (unpaired) electrons. The third-order valence-corrected chi connectivity index (χ3v) is 4.12. The Labute approximate surface area is 157 Å². The molecule has 7 heteroatoms. The fourth-order valence-corrected chi connectivity index (χ4v) is 2.79. The molecule has 1 rings (SSSR count). The molecule has 26 heavy (non-hydrogen) atoms. The van der Waals surface area contributed by atoms with E-state index in [1.165, 1.54) is 7.11 Å². The van der Waals surface area contributed by atoms with Crippen LogP contribution in [0.5, 0.6) is 0 Å². The summed E-state index contributed by atoms with van der Waals surface area (Å²) in [5.74, 6) is 0.417. The van der Waals surface area contributed by atoms with Crippen LogP contribution in [0.2, 0.25) is 0 Å². The summed E-state index contributed by atoms with van der Waals surface area (Å²) in [5.41, 5.74) is 0. The van der Waals surface area contributed by atoms with E-state index < -0.39 is 6.29 Å². The van der Waals surface area contributed by atoms with Gasteiger partial charge in [-0.2, -0.15) is 0 Å². The van der Waals surface area contributed by atoms with Crippen LogP contribution in [0, 0.1) is 11.8 Å². The molecule has 1 saturated heterocycles. The van der Waals surface area contributed by atoms with Gasteiger partial charge in [-0.3, -0.25) is 4.79 Å². The summed E-state index contributed by atoms with van der Waals surface area (Å²) >= 11 is 0. The molecule has 1 fully saturated rings. The number of hydrogen-bond donors (Lipinski definition) is 0. The van der Waals surface area contributed by atoms with Gasteiger partial charge in [-0.05, 0) is 37.8 Å². The first-order valence-electron chi connectivity index (χ1n) is 9.47. The number of hydrogen-bond acceptors (Lipinski definition) is 6. The van der Waals surface area contributed by atoms with Crippen molar-refractivity contribution in [2.75, 3.05) is 40.0 Å². The van der Waals surface area contributed by atoms with E-state index >= 15 is 0 Å². The van der Waals surface area contributed by atoms with Gasteiger partial charge in [-0.15, -0.1) is 0 Å². The summed E-state index contributed by atoms with van der Waals surface area (Å²) in [5, 5.41) is 3.88. The fraction of sp³-hybridized carbons (Fsp3) is 0.789. The zero-order valence-electron chi connectivity index (χ0n) is 16.8. The van der Waals surface area contributed by atoms with Crippen molar-refractivity contribution in [2.45, 2.75) is 46.8 Å². The molecule has 1 aliphatic heterocycles. The molecular formula is C19H34N2O5. The molecule has 1 heterocycles. The van der Waals surface area contributed by atoms with E-state index in [-0.39, 0.29) is 30.2 Å². The van der Waals surface area contributed by atoms with Gasteiger partial charge in [-0.25, -0.2) is 0 Å². The maximum Gasteiger partial charge on any atom is 0.250 e. The maximum absolute atomic E-state index is 12.7. The van der Waals surface area contributed by atoms with E-state index in [1.807, 2.05) is 38.7 Å². The Morgan fingerprint density at radius 2 is 1.77 bits per heavy atom. The van der Waals surface area contributed by atoms with Crippen LogP contribution in [-0.4, -0.2) is 63.0 Å². The highest BCUT2D eigenvalue weighted by molar-refractivity contribution is 5.89. The molecule has 0 aromatic carbocycles. The molecule has 0 saturated carbocycles. The average molecular weight is 370 g/mol. The molecule has 0 aromatic heterocycles. The largest absolute Gasteiger partial charge is 0.470 e. The lowest BCUT2D eigenvalue weighted by atomic mass is 9.94. The van der Waals surface area contributed by atoms with Crippen molar-refractivity contribution in [1.29, 1.82) is 0 Å². The average Bonchev–Trinajstić information content (AvgIpc) is 3.14. The van der Waals surface area contributed by atoms with Crippen LogP contribution in [0.3, 0.4) is 0 Å². The van der Waals surface area contributed by atoms with Crippen molar-refractivity contribution in [3.05, 3.63) is 12.2 Å². The summed E-state index contributed by atoms with van der Waals surface area (Å²) in [6.07, 6.45) is 5.23. The Morgan fingerprint density at radius 1 is 1.15 bits per heavy atom. The van der Waals surface area contributed by atoms with Crippen LogP contribution in [0.1, 0.15) is 40.5 Å². The van der Waals surface area contributed by atoms with E-state index in [9.17, 15) is 4.79 Å². The molecule has 0 N–H and O–H groups in total. The Kier molecular flexibility index (Phi) is 11.0. The number of carbonyl (C=O) groups is 1. The van der Waals surface area contributed by atoms with Gasteiger partial charge in [0.2, 0.25) is 11.8 Å². The fourth-order valence-electron chi connectivity index (χ4n) is 2.79. The Morgan fingerprint density at radius 3 is 2.27 bits per heavy atom. The lowest BCUT2D eigenvalue weighted by Gasteiger charge is -2.23. The minimum Gasteiger partial charge on any atom is -0.470 e. The smallest absolute Gasteiger partial charge is 0.250 e. The van der Waals surface area contributed by atoms with E-state index in [0.29, 0.717) is 13.2 Å². The zero-order valence-corrected chi connectivity index (χ0v) is 16.8. The van der Waals surface area contributed by atoms with Crippen molar-refractivity contribution in [3.63, 3.8) is 0 Å². The van der Waals surface area contributed by atoms with Crippen molar-refractivity contribution in [2.24, 2.45) is 17.0 Å². The number of likely N-dealkylation sites (tertiary alicyclic amines) is 1. The van der Waals surface area contributed by atoms with Gasteiger partial charge in [0.1, 0.15) is 13.7 Å². The van der Waals surface area contributed by atoms with E-state index in [2.05, 4.69) is 5.16 Å². The topological polar surface area (TPSA) is 69.6 Å². The number of amides is 1. The predicted molar refractivity (Wildman–Crippen MR) is 101 cm³/mol. The maximum atomic E-state index is 12.7. The molecule has 7 nitrogen and oxygen atoms in total. The molecule has 1 unspecified atom stereocenters. The third kappa shape index (κ3) is 7.74. The Balaban J connectivity index is 2.72. The molecular weight excluding hydrogens is 336 g/mol. The second-order valence-corrected chi connectivity index (χ2v) is 6.42. The van der Waals surface area contributed by atoms with Crippen LogP contribution < -0.4 is 0 Å². The molecule has 1 amide bonds. The minimum atomic E-state index is -0.465. The standard InChI is InChI=1S/C19H34N2O5/c1-6-24-18(25-7-2)14-26-17(20-23-5)11-10-16(15(3)4)19(22)21-12-8-9-13-21/h10-11,15-16,18H,6-9,12-14H2,1-5H3/b11-10+,20-17+. The van der Waals surface area contributed by atoms with E-state index in [0.717, 1.165) is 25.9 Å². The zero-order chi connectivity index (χ0) is 19.4. The molecule has 0 spiro atoms. The molecule has 0 bridgehead atoms. The van der Waals surface area contributed by atoms with E-state index in [4.69, 9.17) is 19.0 Å². The summed E-state index contributed by atoms with van der Waals surface area (Å²) in [6, 6.07) is 0. The van der Waals surface area contributed by atoms with Gasteiger partial charge in [0.05, 0.1) is 5.92 Å². The summed E-state index contributed by atoms with van der Waals surface area (Å²) in [7, 11) is 1.45. The molecule has 1 aliphatic rings. The van der Waals surface area contributed by atoms with Crippen LogP contribution in [-0.2, 0) is 23.8 Å². The molecule has 150 valence electrons. The number of rotatable bonds is 11. The molecule has 0 aromatic rings. The number of carbonyl (C=O) groups excluding carboxylic acids is 1. The molecule has 1 atom stereocenters. The quantitative estimate of drug-likeness (QED) is 0.242. The van der Waals surface area contributed by atoms with Gasteiger partial charge < -0.3 is 23.9 Å². The first-order chi connectivity index (χ1) is 12.5. The normalized spacial score (nSPS) is 16.7. The van der Waals surface area contributed by atoms with Crippen LogP contribution >= 0.6 is 0 Å². The second kappa shape index (κ2) is 12.7. The first-order valence-corrected chi connectivity index (χ1v) is 9.47. The van der Waals surface area contributed by atoms with Crippen LogP contribution in [0.15, 0.2) is 17.3 Å². The monoisotopic (exact) mass is 370 g/mol. The first kappa shape index (κ1) is 22.4. The van der Waals surface area contributed by atoms with Crippen molar-refractivity contribution in [1.82, 2.24) is 4.90 Å². The lowest BCUT2D eigenvalue weighted by molar-refractivity contribution is -0.154. The van der Waals surface area contributed by atoms with Gasteiger partial charge in [0, 0.05) is 32.4 Å². The Hall–Kier alpha value is -1.60. The number of ether oxygens (including phenoxy) is 3. The van der Waals surface area contributed by atoms with Gasteiger partial charge >= 0.3 is 0 Å². The van der Waals surface area contributed by atoms with Gasteiger partial charge in [0.15, 0.2) is 6.29 Å². The lowest BCUT2D eigenvalue weighted by Crippen LogP contribution is -2.35. The highest BCUT2D eigenvalue weighted by Crippen LogP contribution is 2.19. The third-order valence-electron chi connectivity index (χ3n) is 4.12. The molecule has 0 aliphatic carbocycles. The van der Waals surface area contributed by atoms with Crippen molar-refractivity contribution < 1.29 is 23.8 Å². The highest BCUT2D eigenvalue weighted by Gasteiger charge is 2.27. The number of nitrogens with zero attached hydrogens (tertiary/aromatic N) is 2. The van der Waals surface area contributed by atoms with Crippen LogP contribution in [0.4, 0.5) is 0 Å². The predicted octanol–water partition coefficient (Wildman–Crippen LogP) is 2.81. The van der Waals surface area contributed by atoms with Crippen LogP contribution in [0.25, 0.3) is 0 Å². The SMILES string of the molecule is CCOC(COC(/C=C/C(C(=O)N1CCCC1)C(C)C)=N/OC)OCC. The van der Waals surface area contributed by atoms with Gasteiger partial charge in [0.25, 0.3) is 0 Å². The highest BCUT2D eigenvalue weighted by atomic mass is 16.7. The van der Waals surface area contributed by atoms with Crippen molar-refractivity contribution >= 4 is 11.8 Å².